The van der Waals surface area contributed by atoms with Gasteiger partial charge >= 0.3 is 0 Å². The van der Waals surface area contributed by atoms with Crippen molar-refractivity contribution in [1.82, 2.24) is 9.71 Å². The van der Waals surface area contributed by atoms with E-state index in [9.17, 15) is 8.42 Å². The number of benzene rings is 1. The summed E-state index contributed by atoms with van der Waals surface area (Å²) in [6.45, 7) is 0.179. The average Bonchev–Trinajstić information content (AvgIpc) is 2.59. The zero-order valence-corrected chi connectivity index (χ0v) is 14.0. The Kier molecular flexibility index (Phi) is 5.95. The van der Waals surface area contributed by atoms with Gasteiger partial charge in [-0.25, -0.2) is 13.1 Å². The summed E-state index contributed by atoms with van der Waals surface area (Å²) in [5.74, 6) is 1.23. The Morgan fingerprint density at radius 2 is 1.78 bits per heavy atom. The second-order valence-electron chi connectivity index (χ2n) is 4.93. The molecule has 0 aliphatic carbocycles. The lowest BCUT2D eigenvalue weighted by atomic mass is 10.2. The van der Waals surface area contributed by atoms with Crippen molar-refractivity contribution in [1.29, 1.82) is 0 Å². The van der Waals surface area contributed by atoms with Crippen LogP contribution in [-0.4, -0.2) is 33.4 Å². The smallest absolute Gasteiger partial charge is 0.212 e. The van der Waals surface area contributed by atoms with Crippen molar-refractivity contribution in [3.8, 4) is 11.5 Å². The molecule has 2 aromatic rings. The molecule has 0 atom stereocenters. The minimum absolute atomic E-state index is 0.00881. The second-order valence-corrected chi connectivity index (χ2v) is 6.86. The van der Waals surface area contributed by atoms with Crippen LogP contribution < -0.4 is 14.2 Å². The highest BCUT2D eigenvalue weighted by atomic mass is 32.2. The summed E-state index contributed by atoms with van der Waals surface area (Å²) in [6, 6.07) is 10.7. The molecule has 0 radical (unpaired) electrons. The summed E-state index contributed by atoms with van der Waals surface area (Å²) in [5.41, 5.74) is 1.52. The number of aromatic nitrogens is 1. The lowest BCUT2D eigenvalue weighted by molar-refractivity contribution is 0.393. The number of nitrogens with one attached hydrogen (secondary N) is 1. The maximum Gasteiger partial charge on any atom is 0.212 e. The monoisotopic (exact) mass is 336 g/mol. The summed E-state index contributed by atoms with van der Waals surface area (Å²) >= 11 is 0. The van der Waals surface area contributed by atoms with Gasteiger partial charge in [0.15, 0.2) is 0 Å². The Hall–Kier alpha value is -2.12. The fourth-order valence-electron chi connectivity index (χ4n) is 2.02. The summed E-state index contributed by atoms with van der Waals surface area (Å²) in [5, 5.41) is 0. The van der Waals surface area contributed by atoms with E-state index in [1.54, 1.807) is 44.7 Å². The number of hydrogen-bond acceptors (Lipinski definition) is 5. The first-order valence-electron chi connectivity index (χ1n) is 7.11. The second kappa shape index (κ2) is 7.94. The number of aryl methyl sites for hydroxylation is 1. The molecule has 0 unspecified atom stereocenters. The van der Waals surface area contributed by atoms with E-state index in [0.29, 0.717) is 17.9 Å². The van der Waals surface area contributed by atoms with Crippen LogP contribution in [0.15, 0.2) is 42.6 Å². The third kappa shape index (κ3) is 5.54. The zero-order chi connectivity index (χ0) is 16.7. The highest BCUT2D eigenvalue weighted by molar-refractivity contribution is 7.89. The molecule has 7 heteroatoms. The molecule has 1 aromatic carbocycles. The van der Waals surface area contributed by atoms with Crippen LogP contribution in [0.2, 0.25) is 0 Å². The molecule has 0 aliphatic rings. The SMILES string of the molecule is COc1cc(CNS(=O)(=O)CCc2ccccn2)cc(OC)c1. The van der Waals surface area contributed by atoms with Gasteiger partial charge in [-0.3, -0.25) is 4.98 Å². The van der Waals surface area contributed by atoms with Gasteiger partial charge in [0, 0.05) is 30.9 Å². The molecule has 124 valence electrons. The van der Waals surface area contributed by atoms with E-state index in [0.717, 1.165) is 11.3 Å². The Labute approximate surface area is 136 Å². The highest BCUT2D eigenvalue weighted by Gasteiger charge is 2.11. The van der Waals surface area contributed by atoms with Gasteiger partial charge in [-0.1, -0.05) is 6.07 Å². The predicted octanol–water partition coefficient (Wildman–Crippen LogP) is 1.76. The molecule has 2 rings (SSSR count). The van der Waals surface area contributed by atoms with Gasteiger partial charge in [0.05, 0.1) is 20.0 Å². The molecule has 0 fully saturated rings. The summed E-state index contributed by atoms with van der Waals surface area (Å²) in [7, 11) is -0.286. The molecule has 1 aromatic heterocycles. The van der Waals surface area contributed by atoms with E-state index in [1.165, 1.54) is 0 Å². The number of rotatable bonds is 8. The first kappa shape index (κ1) is 17.2. The molecule has 1 heterocycles. The maximum absolute atomic E-state index is 12.1. The third-order valence-electron chi connectivity index (χ3n) is 3.26. The van der Waals surface area contributed by atoms with Crippen LogP contribution in [0.3, 0.4) is 0 Å². The van der Waals surface area contributed by atoms with Crippen LogP contribution in [-0.2, 0) is 23.0 Å². The lowest BCUT2D eigenvalue weighted by Crippen LogP contribution is -2.27. The van der Waals surface area contributed by atoms with Crippen molar-refractivity contribution in [3.63, 3.8) is 0 Å². The van der Waals surface area contributed by atoms with E-state index in [1.807, 2.05) is 12.1 Å². The van der Waals surface area contributed by atoms with Crippen molar-refractivity contribution in [2.45, 2.75) is 13.0 Å². The van der Waals surface area contributed by atoms with Crippen molar-refractivity contribution in [3.05, 3.63) is 53.9 Å². The third-order valence-corrected chi connectivity index (χ3v) is 4.59. The Balaban J connectivity index is 1.96. The minimum atomic E-state index is -3.39. The molecular formula is C16H20N2O4S. The van der Waals surface area contributed by atoms with E-state index in [4.69, 9.17) is 9.47 Å². The van der Waals surface area contributed by atoms with Gasteiger partial charge in [0.1, 0.15) is 11.5 Å². The standard InChI is InChI=1S/C16H20N2O4S/c1-21-15-9-13(10-16(11-15)22-2)12-18-23(19,20)8-6-14-5-3-4-7-17-14/h3-5,7,9-11,18H,6,8,12H2,1-2H3. The lowest BCUT2D eigenvalue weighted by Gasteiger charge is -2.10. The van der Waals surface area contributed by atoms with E-state index < -0.39 is 10.0 Å². The molecule has 0 bridgehead atoms. The molecule has 0 saturated heterocycles. The summed E-state index contributed by atoms with van der Waals surface area (Å²) in [6.07, 6.45) is 2.02. The molecule has 0 spiro atoms. The first-order valence-corrected chi connectivity index (χ1v) is 8.77. The molecular weight excluding hydrogens is 316 g/mol. The first-order chi connectivity index (χ1) is 11.0. The van der Waals surface area contributed by atoms with Crippen LogP contribution in [0, 0.1) is 0 Å². The minimum Gasteiger partial charge on any atom is -0.497 e. The fraction of sp³-hybridized carbons (Fsp3) is 0.312. The largest absolute Gasteiger partial charge is 0.497 e. The number of sulfonamides is 1. The topological polar surface area (TPSA) is 77.5 Å². The quantitative estimate of drug-likeness (QED) is 0.795. The average molecular weight is 336 g/mol. The van der Waals surface area contributed by atoms with Gasteiger partial charge in [-0.2, -0.15) is 0 Å². The number of ether oxygens (including phenoxy) is 2. The highest BCUT2D eigenvalue weighted by Crippen LogP contribution is 2.22. The van der Waals surface area contributed by atoms with Crippen molar-refractivity contribution in [2.75, 3.05) is 20.0 Å². The van der Waals surface area contributed by atoms with Gasteiger partial charge in [0.25, 0.3) is 0 Å². The van der Waals surface area contributed by atoms with Gasteiger partial charge < -0.3 is 9.47 Å². The van der Waals surface area contributed by atoms with Crippen LogP contribution >= 0.6 is 0 Å². The van der Waals surface area contributed by atoms with Crippen molar-refractivity contribution >= 4 is 10.0 Å². The normalized spacial score (nSPS) is 11.2. The van der Waals surface area contributed by atoms with E-state index >= 15 is 0 Å². The van der Waals surface area contributed by atoms with E-state index in [-0.39, 0.29) is 12.3 Å². The van der Waals surface area contributed by atoms with Crippen LogP contribution in [0.1, 0.15) is 11.3 Å². The zero-order valence-electron chi connectivity index (χ0n) is 13.2. The summed E-state index contributed by atoms with van der Waals surface area (Å²) in [4.78, 5) is 4.12. The van der Waals surface area contributed by atoms with Crippen LogP contribution in [0.4, 0.5) is 0 Å². The Morgan fingerprint density at radius 3 is 2.35 bits per heavy atom. The molecule has 23 heavy (non-hydrogen) atoms. The Bertz CT molecular complexity index is 711. The summed E-state index contributed by atoms with van der Waals surface area (Å²) < 4.78 is 37.1. The van der Waals surface area contributed by atoms with Gasteiger partial charge in [0.2, 0.25) is 10.0 Å². The van der Waals surface area contributed by atoms with Crippen molar-refractivity contribution in [2.24, 2.45) is 0 Å². The van der Waals surface area contributed by atoms with Gasteiger partial charge in [-0.05, 0) is 29.8 Å². The molecule has 0 amide bonds. The number of hydrogen-bond donors (Lipinski definition) is 1. The van der Waals surface area contributed by atoms with Crippen LogP contribution in [0.25, 0.3) is 0 Å². The van der Waals surface area contributed by atoms with Crippen molar-refractivity contribution < 1.29 is 17.9 Å². The molecule has 0 aliphatic heterocycles. The number of nitrogens with zero attached hydrogens (tertiary/aromatic N) is 1. The Morgan fingerprint density at radius 1 is 1.09 bits per heavy atom. The predicted molar refractivity (Wildman–Crippen MR) is 88.1 cm³/mol. The fourth-order valence-corrected chi connectivity index (χ4v) is 3.03. The number of pyridine rings is 1. The number of methoxy groups -OCH3 is 2. The molecule has 6 nitrogen and oxygen atoms in total. The maximum atomic E-state index is 12.1. The molecule has 0 saturated carbocycles. The van der Waals surface area contributed by atoms with Crippen LogP contribution in [0.5, 0.6) is 11.5 Å². The van der Waals surface area contributed by atoms with Gasteiger partial charge in [-0.15, -0.1) is 0 Å². The van der Waals surface area contributed by atoms with E-state index in [2.05, 4.69) is 9.71 Å². The molecule has 1 N–H and O–H groups in total.